The quantitative estimate of drug-likeness (QED) is 0.606. The van der Waals surface area contributed by atoms with Crippen LogP contribution in [0.4, 0.5) is 0 Å². The molecule has 0 spiro atoms. The van der Waals surface area contributed by atoms with Crippen molar-refractivity contribution in [1.82, 2.24) is 0 Å². The van der Waals surface area contributed by atoms with Crippen LogP contribution in [0.5, 0.6) is 0 Å². The monoisotopic (exact) mass is 139 g/mol. The van der Waals surface area contributed by atoms with Gasteiger partial charge in [-0.3, -0.25) is 0 Å². The second-order valence-electron chi connectivity index (χ2n) is 1.83. The number of rotatable bonds is 2. The maximum absolute atomic E-state index is 6.91. The number of hydrogen-bond acceptors (Lipinski definition) is 1. The van der Waals surface area contributed by atoms with Crippen LogP contribution in [0.1, 0.15) is 6.93 Å². The summed E-state index contributed by atoms with van der Waals surface area (Å²) in [4.78, 5) is 0. The first kappa shape index (κ1) is 5.36. The Bertz CT molecular complexity index is 174. The van der Waals surface area contributed by atoms with Gasteiger partial charge in [-0.2, -0.15) is 11.8 Å². The Kier molecular flexibility index (Phi) is 2.13. The van der Waals surface area contributed by atoms with Crippen molar-refractivity contribution in [1.29, 1.82) is 0 Å². The van der Waals surface area contributed by atoms with Gasteiger partial charge in [0.15, 0.2) is 0 Å². The minimum absolute atomic E-state index is 0.453. The molecule has 0 saturated carbocycles. The van der Waals surface area contributed by atoms with Gasteiger partial charge in [-0.15, -0.1) is 0 Å². The highest BCUT2D eigenvalue weighted by atomic mass is 32.2. The van der Waals surface area contributed by atoms with Crippen molar-refractivity contribution in [3.63, 3.8) is 0 Å². The summed E-state index contributed by atoms with van der Waals surface area (Å²) in [6.45, 7) is 0. The van der Waals surface area contributed by atoms with E-state index in [1.807, 2.05) is 18.2 Å². The average molecular weight is 139 g/mol. The summed E-state index contributed by atoms with van der Waals surface area (Å²) in [7, 11) is 0. The van der Waals surface area contributed by atoms with Gasteiger partial charge in [-0.1, -0.05) is 30.3 Å². The van der Waals surface area contributed by atoms with Gasteiger partial charge in [0.25, 0.3) is 0 Å². The highest BCUT2D eigenvalue weighted by molar-refractivity contribution is 7.97. The van der Waals surface area contributed by atoms with Crippen LogP contribution in [0, 0.1) is 0 Å². The lowest BCUT2D eigenvalue weighted by Crippen LogP contribution is -1.74. The second kappa shape index (κ2) is 3.57. The van der Waals surface area contributed by atoms with E-state index >= 15 is 0 Å². The molecule has 0 heterocycles. The molecule has 9 heavy (non-hydrogen) atoms. The summed E-state index contributed by atoms with van der Waals surface area (Å²) < 4.78 is 6.91. The average Bonchev–Trinajstić information content (AvgIpc) is 2.03. The van der Waals surface area contributed by atoms with E-state index in [0.29, 0.717) is 6.23 Å². The van der Waals surface area contributed by atoms with E-state index in [4.69, 9.17) is 1.37 Å². The predicted octanol–water partition coefficient (Wildman–Crippen LogP) is 2.55. The van der Waals surface area contributed by atoms with Crippen molar-refractivity contribution in [3.8, 4) is 0 Å². The molecule has 0 atom stereocenters. The summed E-state index contributed by atoms with van der Waals surface area (Å²) in [5.41, 5.74) is 1.31. The molecular weight excluding hydrogens is 128 g/mol. The van der Waals surface area contributed by atoms with Crippen LogP contribution < -0.4 is 0 Å². The molecule has 0 aromatic heterocycles. The summed E-state index contributed by atoms with van der Waals surface area (Å²) in [5.74, 6) is 0.963. The van der Waals surface area contributed by atoms with Crippen molar-refractivity contribution in [3.05, 3.63) is 35.9 Å². The van der Waals surface area contributed by atoms with E-state index in [2.05, 4.69) is 12.1 Å². The standard InChI is InChI=1S/C8H10S/c1-9-7-8-5-3-2-4-6-8/h2-6H,7H2,1H3/i1D. The van der Waals surface area contributed by atoms with Crippen molar-refractivity contribution >= 4 is 11.8 Å². The molecule has 1 aromatic carbocycles. The van der Waals surface area contributed by atoms with Crippen molar-refractivity contribution in [2.45, 2.75) is 5.75 Å². The maximum atomic E-state index is 6.91. The van der Waals surface area contributed by atoms with Gasteiger partial charge in [-0.05, 0) is 11.8 Å². The smallest absolute Gasteiger partial charge is 0.0344 e. The van der Waals surface area contributed by atoms with E-state index in [1.54, 1.807) is 11.8 Å². The third-order valence-electron chi connectivity index (χ3n) is 1.11. The molecule has 0 aliphatic heterocycles. The van der Waals surface area contributed by atoms with Crippen LogP contribution in [0.2, 0.25) is 0 Å². The molecular formula is C8H10S. The third kappa shape index (κ3) is 2.10. The number of thioether (sulfide) groups is 1. The largest absolute Gasteiger partial charge is 0.161 e. The first-order chi connectivity index (χ1) is 4.93. The third-order valence-corrected chi connectivity index (χ3v) is 1.65. The van der Waals surface area contributed by atoms with Crippen LogP contribution >= 0.6 is 11.8 Å². The fourth-order valence-electron chi connectivity index (χ4n) is 0.692. The molecule has 0 amide bonds. The molecule has 0 bridgehead atoms. The van der Waals surface area contributed by atoms with Crippen LogP contribution in [0.25, 0.3) is 0 Å². The van der Waals surface area contributed by atoms with Crippen LogP contribution in [-0.4, -0.2) is 6.23 Å². The van der Waals surface area contributed by atoms with Crippen LogP contribution in [0.3, 0.4) is 0 Å². The van der Waals surface area contributed by atoms with Crippen LogP contribution in [-0.2, 0) is 5.75 Å². The normalized spacial score (nSPS) is 10.9. The lowest BCUT2D eigenvalue weighted by atomic mass is 10.2. The van der Waals surface area contributed by atoms with E-state index in [0.717, 1.165) is 5.75 Å². The number of benzene rings is 1. The Morgan fingerprint density at radius 1 is 1.44 bits per heavy atom. The molecule has 1 heteroatoms. The molecule has 0 aliphatic rings. The van der Waals surface area contributed by atoms with Gasteiger partial charge >= 0.3 is 0 Å². The zero-order valence-corrected chi connectivity index (χ0v) is 6.03. The Labute approximate surface area is 61.7 Å². The molecule has 0 N–H and O–H groups in total. The molecule has 0 nitrogen and oxygen atoms in total. The summed E-state index contributed by atoms with van der Waals surface area (Å²) in [6.07, 6.45) is 0.453. The van der Waals surface area contributed by atoms with E-state index < -0.39 is 0 Å². The Hall–Kier alpha value is -0.430. The van der Waals surface area contributed by atoms with Gasteiger partial charge in [0.1, 0.15) is 0 Å². The van der Waals surface area contributed by atoms with E-state index in [1.165, 1.54) is 5.56 Å². The van der Waals surface area contributed by atoms with Gasteiger partial charge in [0.2, 0.25) is 0 Å². The summed E-state index contributed by atoms with van der Waals surface area (Å²) in [6, 6.07) is 10.2. The zero-order valence-electron chi connectivity index (χ0n) is 6.21. The van der Waals surface area contributed by atoms with Gasteiger partial charge < -0.3 is 0 Å². The minimum Gasteiger partial charge on any atom is -0.161 e. The fourth-order valence-corrected chi connectivity index (χ4v) is 1.12. The van der Waals surface area contributed by atoms with Crippen molar-refractivity contribution < 1.29 is 1.37 Å². The van der Waals surface area contributed by atoms with Crippen molar-refractivity contribution in [2.75, 3.05) is 6.23 Å². The molecule has 0 radical (unpaired) electrons. The zero-order chi connectivity index (χ0) is 7.23. The molecule has 0 fully saturated rings. The molecule has 0 unspecified atom stereocenters. The Balaban J connectivity index is 2.43. The summed E-state index contributed by atoms with van der Waals surface area (Å²) >= 11 is 1.63. The first-order valence-electron chi connectivity index (χ1n) is 3.55. The van der Waals surface area contributed by atoms with Gasteiger partial charge in [-0.25, -0.2) is 0 Å². The Morgan fingerprint density at radius 3 is 2.89 bits per heavy atom. The predicted molar refractivity (Wildman–Crippen MR) is 43.7 cm³/mol. The number of hydrogen-bond donors (Lipinski definition) is 0. The fraction of sp³-hybridized carbons (Fsp3) is 0.250. The summed E-state index contributed by atoms with van der Waals surface area (Å²) in [5, 5.41) is 0. The van der Waals surface area contributed by atoms with Crippen LogP contribution in [0.15, 0.2) is 30.3 Å². The first-order valence-corrected chi connectivity index (χ1v) is 4.00. The molecule has 48 valence electrons. The highest BCUT2D eigenvalue weighted by Crippen LogP contribution is 2.06. The van der Waals surface area contributed by atoms with Crippen molar-refractivity contribution in [2.24, 2.45) is 0 Å². The van der Waals surface area contributed by atoms with E-state index in [-0.39, 0.29) is 0 Å². The van der Waals surface area contributed by atoms with Gasteiger partial charge in [0.05, 0.1) is 0 Å². The second-order valence-corrected chi connectivity index (χ2v) is 2.53. The molecule has 1 aromatic rings. The van der Waals surface area contributed by atoms with Gasteiger partial charge in [0, 0.05) is 7.12 Å². The Morgan fingerprint density at radius 2 is 2.22 bits per heavy atom. The molecule has 0 saturated heterocycles. The lowest BCUT2D eigenvalue weighted by Gasteiger charge is -1.93. The topological polar surface area (TPSA) is 0 Å². The van der Waals surface area contributed by atoms with E-state index in [9.17, 15) is 0 Å². The molecule has 0 aliphatic carbocycles. The highest BCUT2D eigenvalue weighted by Gasteiger charge is 1.84. The maximum Gasteiger partial charge on any atom is 0.0344 e. The lowest BCUT2D eigenvalue weighted by molar-refractivity contribution is 1.42. The minimum atomic E-state index is 0.453. The molecule has 1 rings (SSSR count). The SMILES string of the molecule is [2H]CSCc1ccccc1.